The number of unbranched alkanes of at least 4 members (excludes halogenated alkanes) is 2. The summed E-state index contributed by atoms with van der Waals surface area (Å²) in [6.45, 7) is 3.88. The van der Waals surface area contributed by atoms with Gasteiger partial charge in [-0.2, -0.15) is 0 Å². The van der Waals surface area contributed by atoms with Crippen molar-refractivity contribution in [1.82, 2.24) is 9.80 Å². The fraction of sp³-hybridized carbons (Fsp3) is 0.432. The number of benzene rings is 4. The number of hydrogen-bond acceptors (Lipinski definition) is 9. The predicted octanol–water partition coefficient (Wildman–Crippen LogP) is 8.68. The van der Waals surface area contributed by atoms with Crippen LogP contribution in [-0.4, -0.2) is 71.3 Å². The van der Waals surface area contributed by atoms with Crippen molar-refractivity contribution in [2.75, 3.05) is 60.9 Å². The molecule has 286 valence electrons. The quantitative estimate of drug-likeness (QED) is 0.170. The molecule has 10 nitrogen and oxygen atoms in total. The molecule has 0 unspecified atom stereocenters. The Morgan fingerprint density at radius 1 is 0.741 bits per heavy atom. The molecule has 0 saturated carbocycles. The number of rotatable bonds is 9. The Bertz CT molecular complexity index is 2000. The summed E-state index contributed by atoms with van der Waals surface area (Å²) < 4.78 is 37.6. The molecule has 10 heteroatoms. The van der Waals surface area contributed by atoms with Gasteiger partial charge in [0.2, 0.25) is 11.7 Å². The van der Waals surface area contributed by atoms with Crippen LogP contribution in [0, 0.1) is 0 Å². The number of ether oxygens (including phenoxy) is 6. The molecular weight excluding hydrogens is 682 g/mol. The van der Waals surface area contributed by atoms with Gasteiger partial charge in [0.25, 0.3) is 0 Å². The van der Waals surface area contributed by atoms with Gasteiger partial charge in [0, 0.05) is 48.9 Å². The van der Waals surface area contributed by atoms with Crippen LogP contribution in [-0.2, 0) is 30.5 Å². The van der Waals surface area contributed by atoms with Gasteiger partial charge in [0.05, 0.1) is 28.4 Å². The number of carbonyl (C=O) groups excluding carboxylic acids is 1. The van der Waals surface area contributed by atoms with Crippen LogP contribution in [0.15, 0.2) is 54.6 Å². The minimum Gasteiger partial charge on any atom is -0.493 e. The third-order valence-electron chi connectivity index (χ3n) is 11.3. The molecule has 0 aliphatic carbocycles. The summed E-state index contributed by atoms with van der Waals surface area (Å²) in [4.78, 5) is 18.1. The van der Waals surface area contributed by atoms with Crippen LogP contribution in [0.4, 0.5) is 5.69 Å². The number of anilines is 1. The van der Waals surface area contributed by atoms with Crippen LogP contribution in [0.2, 0.25) is 0 Å². The molecule has 2 atom stereocenters. The molecule has 6 bridgehead atoms. The summed E-state index contributed by atoms with van der Waals surface area (Å²) in [7, 11) is 10.9. The number of amides is 1. The summed E-state index contributed by atoms with van der Waals surface area (Å²) in [6.07, 6.45) is 6.36. The van der Waals surface area contributed by atoms with Gasteiger partial charge in [-0.3, -0.25) is 14.6 Å². The minimum atomic E-state index is -0.166. The van der Waals surface area contributed by atoms with Crippen LogP contribution >= 0.6 is 0 Å². The molecule has 1 N–H and O–H groups in total. The fourth-order valence-electron chi connectivity index (χ4n) is 8.21. The van der Waals surface area contributed by atoms with Crippen molar-refractivity contribution >= 4 is 11.6 Å². The van der Waals surface area contributed by atoms with E-state index in [0.29, 0.717) is 64.5 Å². The lowest BCUT2D eigenvalue weighted by molar-refractivity contribution is -0.116. The molecule has 4 aliphatic heterocycles. The summed E-state index contributed by atoms with van der Waals surface area (Å²) in [6, 6.07) is 18.5. The summed E-state index contributed by atoms with van der Waals surface area (Å²) in [5, 5.41) is 3.23. The van der Waals surface area contributed by atoms with Crippen LogP contribution in [0.3, 0.4) is 0 Å². The number of fused-ring (bicyclic) bond motifs is 2. The largest absolute Gasteiger partial charge is 0.493 e. The maximum absolute atomic E-state index is 13.3. The lowest BCUT2D eigenvalue weighted by Crippen LogP contribution is -2.34. The van der Waals surface area contributed by atoms with E-state index in [1.807, 2.05) is 24.3 Å². The first-order valence-electron chi connectivity index (χ1n) is 19.1. The van der Waals surface area contributed by atoms with Crippen molar-refractivity contribution in [3.63, 3.8) is 0 Å². The third kappa shape index (κ3) is 7.42. The highest BCUT2D eigenvalue weighted by Crippen LogP contribution is 2.52. The molecule has 8 rings (SSSR count). The molecule has 0 radical (unpaired) electrons. The van der Waals surface area contributed by atoms with E-state index in [-0.39, 0.29) is 18.0 Å². The molecule has 54 heavy (non-hydrogen) atoms. The first-order valence-corrected chi connectivity index (χ1v) is 19.1. The first kappa shape index (κ1) is 37.4. The molecule has 4 heterocycles. The third-order valence-corrected chi connectivity index (χ3v) is 11.3. The second kappa shape index (κ2) is 16.2. The van der Waals surface area contributed by atoms with Crippen LogP contribution < -0.4 is 33.7 Å². The van der Waals surface area contributed by atoms with Gasteiger partial charge in [0.1, 0.15) is 5.75 Å². The summed E-state index contributed by atoms with van der Waals surface area (Å²) in [5.41, 5.74) is 7.38. The summed E-state index contributed by atoms with van der Waals surface area (Å²) in [5.74, 6) is 4.79. The van der Waals surface area contributed by atoms with Crippen molar-refractivity contribution in [2.24, 2.45) is 0 Å². The fourth-order valence-corrected chi connectivity index (χ4v) is 8.21. The van der Waals surface area contributed by atoms with E-state index in [0.717, 1.165) is 68.3 Å². The Balaban J connectivity index is 1.45. The van der Waals surface area contributed by atoms with E-state index in [1.54, 1.807) is 28.4 Å². The van der Waals surface area contributed by atoms with E-state index in [1.165, 1.54) is 16.7 Å². The van der Waals surface area contributed by atoms with Crippen LogP contribution in [0.1, 0.15) is 78.1 Å². The Hall–Kier alpha value is -4.93. The Morgan fingerprint density at radius 2 is 1.41 bits per heavy atom. The highest BCUT2D eigenvalue weighted by atomic mass is 16.5. The Labute approximate surface area is 319 Å². The lowest BCUT2D eigenvalue weighted by atomic mass is 9.86. The summed E-state index contributed by atoms with van der Waals surface area (Å²) >= 11 is 0. The van der Waals surface area contributed by atoms with Gasteiger partial charge in [-0.15, -0.1) is 0 Å². The molecule has 0 fully saturated rings. The number of hydrogen-bond donors (Lipinski definition) is 1. The number of likely N-dealkylation sites (N-methyl/N-ethyl adjacent to an activating group) is 2. The van der Waals surface area contributed by atoms with Gasteiger partial charge < -0.3 is 33.7 Å². The standard InChI is InChI=1S/C44H53N3O7/c1-8-9-10-11-41(48)45-33-26-37(50-5)38-24-30(33)21-35-42-29(17-19-47(35)3)23-40(51-6)43(52-7)44(42)54-39-25-32-28(22-36(39)49-4)16-18-46(2)34(32)20-27-12-14-31(53-38)15-13-27/h12-15,22-26,34-35H,8-11,16-21H2,1-7H3,(H,45,48)/t34-,35-/m0/s1. The monoisotopic (exact) mass is 735 g/mol. The molecule has 0 saturated heterocycles. The second-order valence-corrected chi connectivity index (χ2v) is 14.6. The van der Waals surface area contributed by atoms with Crippen LogP contribution in [0.5, 0.6) is 46.0 Å². The zero-order valence-electron chi connectivity index (χ0n) is 32.7. The zero-order chi connectivity index (χ0) is 37.9. The highest BCUT2D eigenvalue weighted by molar-refractivity contribution is 5.92. The zero-order valence-corrected chi connectivity index (χ0v) is 32.7. The smallest absolute Gasteiger partial charge is 0.224 e. The molecule has 4 aromatic carbocycles. The van der Waals surface area contributed by atoms with Crippen molar-refractivity contribution in [2.45, 2.75) is 70.4 Å². The predicted molar refractivity (Wildman–Crippen MR) is 210 cm³/mol. The van der Waals surface area contributed by atoms with E-state index < -0.39 is 0 Å². The van der Waals surface area contributed by atoms with E-state index in [4.69, 9.17) is 28.4 Å². The Morgan fingerprint density at radius 3 is 2.11 bits per heavy atom. The van der Waals surface area contributed by atoms with Gasteiger partial charge in [0.15, 0.2) is 34.5 Å². The molecule has 4 aliphatic rings. The molecule has 4 aromatic rings. The molecular formula is C44H53N3O7. The van der Waals surface area contributed by atoms with Gasteiger partial charge in [-0.1, -0.05) is 31.9 Å². The van der Waals surface area contributed by atoms with Crippen molar-refractivity contribution < 1.29 is 33.2 Å². The first-order chi connectivity index (χ1) is 26.2. The molecule has 0 aromatic heterocycles. The maximum Gasteiger partial charge on any atom is 0.224 e. The van der Waals surface area contributed by atoms with Crippen molar-refractivity contribution in [1.29, 1.82) is 0 Å². The lowest BCUT2D eigenvalue weighted by Gasteiger charge is -2.37. The average molecular weight is 736 g/mol. The maximum atomic E-state index is 13.3. The second-order valence-electron chi connectivity index (χ2n) is 14.6. The van der Waals surface area contributed by atoms with E-state index in [9.17, 15) is 4.79 Å². The molecule has 0 spiro atoms. The topological polar surface area (TPSA) is 91.0 Å². The Kier molecular flexibility index (Phi) is 11.2. The van der Waals surface area contributed by atoms with Crippen molar-refractivity contribution in [3.8, 4) is 46.0 Å². The SMILES string of the molecule is CCCCCC(=O)Nc1cc(OC)c2cc1C[C@H]1c3c(cc(OC)c(OC)c3Oc3cc4c(cc3OC)CCN(C)[C@H]4Cc3ccc(cc3)O2)CCN1C. The van der Waals surface area contributed by atoms with E-state index >= 15 is 0 Å². The normalized spacial score (nSPS) is 18.0. The minimum absolute atomic E-state index is 0.0262. The van der Waals surface area contributed by atoms with Gasteiger partial charge >= 0.3 is 0 Å². The van der Waals surface area contributed by atoms with Crippen molar-refractivity contribution in [3.05, 3.63) is 88.0 Å². The number of nitrogens with one attached hydrogen (secondary N) is 1. The van der Waals surface area contributed by atoms with Gasteiger partial charge in [-0.05, 0) is 110 Å². The number of carbonyl (C=O) groups is 1. The van der Waals surface area contributed by atoms with Crippen LogP contribution in [0.25, 0.3) is 0 Å². The molecule has 1 amide bonds. The highest BCUT2D eigenvalue weighted by Gasteiger charge is 2.35. The van der Waals surface area contributed by atoms with E-state index in [2.05, 4.69) is 66.5 Å². The number of nitrogens with zero attached hydrogens (tertiary/aromatic N) is 2. The number of methoxy groups -OCH3 is 4. The average Bonchev–Trinajstić information content (AvgIpc) is 3.17. The van der Waals surface area contributed by atoms with Gasteiger partial charge in [-0.25, -0.2) is 0 Å².